The number of hydrogen-bond acceptors (Lipinski definition) is 10. The molecular weight excluding hydrogens is 622 g/mol. The van der Waals surface area contributed by atoms with Crippen molar-refractivity contribution in [1.82, 2.24) is 9.21 Å². The SMILES string of the molecule is C[C@@H](O)[C@H]1C(=O)N(C(C(=S)OCc2ccc([N+](=O)[O-])cc2)=C(Oc2ccc(S(=O)(=O)N(C)C)cc2)C(=O)C(C)(C)C)[C@H]1Cl. The second-order valence-corrected chi connectivity index (χ2v) is 13.9. The number of ketones is 1. The van der Waals surface area contributed by atoms with Gasteiger partial charge in [0.1, 0.15) is 23.6 Å². The number of Topliss-reactive ketones (excluding diaryl/α,β-unsaturated/α-hetero) is 1. The van der Waals surface area contributed by atoms with Crippen molar-refractivity contribution in [2.24, 2.45) is 11.3 Å². The zero-order valence-corrected chi connectivity index (χ0v) is 26.7. The number of nitrogens with zero attached hydrogens (tertiary/aromatic N) is 3. The molecule has 1 heterocycles. The van der Waals surface area contributed by atoms with Gasteiger partial charge in [-0.25, -0.2) is 12.7 Å². The van der Waals surface area contributed by atoms with E-state index in [0.717, 1.165) is 9.21 Å². The number of benzene rings is 2. The number of carbonyl (C=O) groups excluding carboxylic acids is 2. The van der Waals surface area contributed by atoms with Gasteiger partial charge in [-0.2, -0.15) is 0 Å². The first-order chi connectivity index (χ1) is 19.9. The summed E-state index contributed by atoms with van der Waals surface area (Å²) in [6.45, 7) is 6.10. The molecule has 12 nitrogen and oxygen atoms in total. The fourth-order valence-corrected chi connectivity index (χ4v) is 5.59. The minimum Gasteiger partial charge on any atom is -0.477 e. The lowest BCUT2D eigenvalue weighted by Crippen LogP contribution is -2.62. The van der Waals surface area contributed by atoms with E-state index in [1.165, 1.54) is 69.6 Å². The summed E-state index contributed by atoms with van der Waals surface area (Å²) >= 11 is 12.1. The average molecular weight is 654 g/mol. The molecular formula is C28H32ClN3O9S2. The van der Waals surface area contributed by atoms with Crippen molar-refractivity contribution in [3.8, 4) is 5.75 Å². The highest BCUT2D eigenvalue weighted by Crippen LogP contribution is 2.39. The molecule has 1 saturated heterocycles. The Morgan fingerprint density at radius 3 is 2.16 bits per heavy atom. The molecule has 3 atom stereocenters. The van der Waals surface area contributed by atoms with Crippen LogP contribution in [0.5, 0.6) is 5.75 Å². The van der Waals surface area contributed by atoms with Gasteiger partial charge in [-0.1, -0.05) is 32.4 Å². The number of alkyl halides is 1. The third-order valence-corrected chi connectivity index (χ3v) is 9.07. The number of thiocarbonyl (C=S) groups is 1. The van der Waals surface area contributed by atoms with Crippen molar-refractivity contribution in [3.63, 3.8) is 0 Å². The highest BCUT2D eigenvalue weighted by molar-refractivity contribution is 7.89. The number of sulfonamides is 1. The van der Waals surface area contributed by atoms with Crippen molar-refractivity contribution in [2.75, 3.05) is 14.1 Å². The van der Waals surface area contributed by atoms with Crippen molar-refractivity contribution in [1.29, 1.82) is 0 Å². The van der Waals surface area contributed by atoms with Gasteiger partial charge in [0.25, 0.3) is 5.69 Å². The van der Waals surface area contributed by atoms with Crippen LogP contribution in [0.4, 0.5) is 5.69 Å². The number of ether oxygens (including phenoxy) is 2. The van der Waals surface area contributed by atoms with Crippen LogP contribution < -0.4 is 4.74 Å². The molecule has 2 aromatic rings. The summed E-state index contributed by atoms with van der Waals surface area (Å²) in [7, 11) is -0.966. The molecule has 0 aliphatic carbocycles. The van der Waals surface area contributed by atoms with Crippen LogP contribution in [0.3, 0.4) is 0 Å². The number of nitro benzene ring substituents is 1. The maximum atomic E-state index is 13.8. The van der Waals surface area contributed by atoms with Crippen molar-refractivity contribution in [2.45, 2.75) is 50.8 Å². The number of likely N-dealkylation sites (tertiary alicyclic amines) is 1. The number of halogens is 1. The molecule has 0 spiro atoms. The van der Waals surface area contributed by atoms with E-state index in [-0.39, 0.29) is 39.4 Å². The van der Waals surface area contributed by atoms with E-state index in [1.54, 1.807) is 20.8 Å². The van der Waals surface area contributed by atoms with E-state index in [0.29, 0.717) is 5.56 Å². The number of β-lactam (4-membered cyclic amide) rings is 1. The predicted molar refractivity (Wildman–Crippen MR) is 162 cm³/mol. The summed E-state index contributed by atoms with van der Waals surface area (Å²) in [5, 5.41) is 20.8. The Balaban J connectivity index is 2.10. The number of allylic oxidation sites excluding steroid dienone is 1. The van der Waals surface area contributed by atoms with Crippen molar-refractivity contribution >= 4 is 56.3 Å². The molecule has 232 valence electrons. The molecule has 2 aromatic carbocycles. The zero-order chi connectivity index (χ0) is 32.4. The van der Waals surface area contributed by atoms with Gasteiger partial charge in [0.05, 0.1) is 21.8 Å². The molecule has 1 amide bonds. The fourth-order valence-electron chi connectivity index (χ4n) is 3.93. The van der Waals surface area contributed by atoms with E-state index in [2.05, 4.69) is 0 Å². The number of hydrogen-bond donors (Lipinski definition) is 1. The highest BCUT2D eigenvalue weighted by Gasteiger charge is 2.53. The number of aliphatic hydroxyl groups excluding tert-OH is 1. The zero-order valence-electron chi connectivity index (χ0n) is 24.3. The molecule has 0 bridgehead atoms. The van der Waals surface area contributed by atoms with Crippen LogP contribution in [0.1, 0.15) is 33.3 Å². The van der Waals surface area contributed by atoms with Crippen LogP contribution in [0.15, 0.2) is 64.9 Å². The second kappa shape index (κ2) is 13.1. The number of amides is 1. The number of non-ortho nitro benzene ring substituents is 1. The Bertz CT molecular complexity index is 1550. The molecule has 1 aliphatic heterocycles. The number of aliphatic hydroxyl groups is 1. The van der Waals surface area contributed by atoms with Gasteiger partial charge in [0.15, 0.2) is 5.76 Å². The maximum Gasteiger partial charge on any atom is 0.269 e. The molecule has 1 N–H and O–H groups in total. The molecule has 0 radical (unpaired) electrons. The van der Waals surface area contributed by atoms with Crippen molar-refractivity contribution in [3.05, 3.63) is 75.7 Å². The lowest BCUT2D eigenvalue weighted by atomic mass is 9.87. The summed E-state index contributed by atoms with van der Waals surface area (Å²) in [6, 6.07) is 10.8. The average Bonchev–Trinajstić information content (AvgIpc) is 2.92. The number of carbonyl (C=O) groups is 2. The summed E-state index contributed by atoms with van der Waals surface area (Å²) in [5.41, 5.74) is -2.02. The van der Waals surface area contributed by atoms with E-state index in [4.69, 9.17) is 33.3 Å². The van der Waals surface area contributed by atoms with E-state index in [9.17, 15) is 33.2 Å². The Morgan fingerprint density at radius 1 is 1.16 bits per heavy atom. The number of nitro groups is 1. The van der Waals surface area contributed by atoms with Crippen LogP contribution in [-0.4, -0.2) is 70.1 Å². The van der Waals surface area contributed by atoms with Crippen LogP contribution in [0.25, 0.3) is 0 Å². The Hall–Kier alpha value is -3.43. The van der Waals surface area contributed by atoms with Gasteiger partial charge in [-0.05, 0) is 61.1 Å². The predicted octanol–water partition coefficient (Wildman–Crippen LogP) is 4.00. The van der Waals surface area contributed by atoms with Crippen LogP contribution in [0, 0.1) is 21.4 Å². The molecule has 43 heavy (non-hydrogen) atoms. The topological polar surface area (TPSA) is 157 Å². The Kier molecular flexibility index (Phi) is 10.3. The standard InChI is InChI=1S/C28H32ClN3O9S2/c1-16(33)21-25(29)31(26(21)35)22(27(42)40-15-17-7-9-18(10-8-17)32(36)37)23(24(34)28(2,3)4)41-19-11-13-20(14-12-19)43(38,39)30(5)6/h7-14,16,21,25,33H,15H2,1-6H3/t16-,21-,25-/m1/s1. The van der Waals surface area contributed by atoms with Crippen molar-refractivity contribution < 1.29 is 37.5 Å². The van der Waals surface area contributed by atoms with Gasteiger partial charge in [-0.3, -0.25) is 24.6 Å². The Labute approximate surface area is 260 Å². The van der Waals surface area contributed by atoms with Gasteiger partial charge in [0.2, 0.25) is 26.8 Å². The summed E-state index contributed by atoms with van der Waals surface area (Å²) in [6.07, 6.45) is -1.10. The molecule has 0 aromatic heterocycles. The normalized spacial score (nSPS) is 18.4. The Morgan fingerprint density at radius 2 is 1.72 bits per heavy atom. The largest absolute Gasteiger partial charge is 0.477 e. The highest BCUT2D eigenvalue weighted by atomic mass is 35.5. The number of rotatable bonds is 11. The van der Waals surface area contributed by atoms with Crippen LogP contribution >= 0.6 is 23.8 Å². The summed E-state index contributed by atoms with van der Waals surface area (Å²) in [4.78, 5) is 38.4. The van der Waals surface area contributed by atoms with Gasteiger partial charge < -0.3 is 14.6 Å². The fraction of sp³-hybridized carbons (Fsp3) is 0.393. The third kappa shape index (κ3) is 7.39. The van der Waals surface area contributed by atoms with E-state index >= 15 is 0 Å². The second-order valence-electron chi connectivity index (χ2n) is 11.0. The first-order valence-electron chi connectivity index (χ1n) is 12.9. The van der Waals surface area contributed by atoms with E-state index in [1.807, 2.05) is 0 Å². The molecule has 3 rings (SSSR count). The first kappa shape index (κ1) is 34.1. The molecule has 1 aliphatic rings. The molecule has 0 saturated carbocycles. The molecule has 1 fully saturated rings. The lowest BCUT2D eigenvalue weighted by molar-refractivity contribution is -0.384. The van der Waals surface area contributed by atoms with E-state index < -0.39 is 49.6 Å². The quantitative estimate of drug-likeness (QED) is 0.0549. The van der Waals surface area contributed by atoms with Gasteiger partial charge in [-0.15, -0.1) is 0 Å². The lowest BCUT2D eigenvalue weighted by Gasteiger charge is -2.46. The van der Waals surface area contributed by atoms with Crippen LogP contribution in [-0.2, 0) is 31.0 Å². The minimum atomic E-state index is -3.74. The third-order valence-electron chi connectivity index (χ3n) is 6.46. The van der Waals surface area contributed by atoms with Gasteiger partial charge >= 0.3 is 0 Å². The van der Waals surface area contributed by atoms with Gasteiger partial charge in [0, 0.05) is 31.6 Å². The smallest absolute Gasteiger partial charge is 0.269 e. The van der Waals surface area contributed by atoms with Crippen LogP contribution in [0.2, 0.25) is 0 Å². The first-order valence-corrected chi connectivity index (χ1v) is 15.2. The maximum absolute atomic E-state index is 13.8. The summed E-state index contributed by atoms with van der Waals surface area (Å²) in [5.74, 6) is -2.51. The monoisotopic (exact) mass is 653 g/mol. The molecule has 15 heteroatoms. The minimum absolute atomic E-state index is 0.0155. The summed E-state index contributed by atoms with van der Waals surface area (Å²) < 4.78 is 37.9. The molecule has 0 unspecified atom stereocenters.